The molecule has 78 valence electrons. The van der Waals surface area contributed by atoms with Crippen LogP contribution in [0, 0.1) is 13.8 Å². The van der Waals surface area contributed by atoms with Crippen LogP contribution in [0.4, 0.5) is 0 Å². The van der Waals surface area contributed by atoms with Crippen molar-refractivity contribution >= 4 is 11.3 Å². The van der Waals surface area contributed by atoms with Crippen molar-refractivity contribution < 1.29 is 4.74 Å². The van der Waals surface area contributed by atoms with E-state index in [1.807, 2.05) is 5.38 Å². The van der Waals surface area contributed by atoms with Crippen LogP contribution in [0.2, 0.25) is 0 Å². The van der Waals surface area contributed by atoms with E-state index in [1.54, 1.807) is 18.4 Å². The van der Waals surface area contributed by atoms with Gasteiger partial charge in [0.05, 0.1) is 12.5 Å². The van der Waals surface area contributed by atoms with Crippen LogP contribution in [0.1, 0.15) is 11.1 Å². The zero-order valence-corrected chi connectivity index (χ0v) is 9.89. The molecule has 0 amide bonds. The number of aryl methyl sites for hydroxylation is 2. The maximum atomic E-state index is 5.07. The summed E-state index contributed by atoms with van der Waals surface area (Å²) in [6.07, 6.45) is 0. The Morgan fingerprint density at radius 3 is 2.60 bits per heavy atom. The first-order valence-electron chi connectivity index (χ1n) is 4.78. The quantitative estimate of drug-likeness (QED) is 0.772. The van der Waals surface area contributed by atoms with Crippen molar-refractivity contribution in [2.75, 3.05) is 7.11 Å². The normalized spacial score (nSPS) is 10.3. The number of hydrogen-bond acceptors (Lipinski definition) is 3. The van der Waals surface area contributed by atoms with Crippen molar-refractivity contribution in [3.05, 3.63) is 34.7 Å². The zero-order chi connectivity index (χ0) is 10.8. The van der Waals surface area contributed by atoms with Crippen molar-refractivity contribution in [3.8, 4) is 16.5 Å². The molecule has 2 aromatic rings. The molecule has 0 saturated carbocycles. The van der Waals surface area contributed by atoms with Crippen molar-refractivity contribution in [1.29, 1.82) is 0 Å². The summed E-state index contributed by atoms with van der Waals surface area (Å²) in [6.45, 7) is 4.23. The van der Waals surface area contributed by atoms with Gasteiger partial charge in [-0.3, -0.25) is 0 Å². The predicted octanol–water partition coefficient (Wildman–Crippen LogP) is 3.44. The Labute approximate surface area is 93.6 Å². The molecule has 2 rings (SSSR count). The number of hydrogen-bond donors (Lipinski definition) is 0. The molecule has 0 spiro atoms. The summed E-state index contributed by atoms with van der Waals surface area (Å²) in [5, 5.41) is 2.93. The van der Waals surface area contributed by atoms with E-state index < -0.39 is 0 Å². The Bertz CT molecular complexity index is 476. The van der Waals surface area contributed by atoms with Crippen molar-refractivity contribution in [2.24, 2.45) is 0 Å². The summed E-state index contributed by atoms with van der Waals surface area (Å²) in [5.41, 5.74) is 3.76. The molecule has 0 aliphatic carbocycles. The molecule has 0 N–H and O–H groups in total. The fourth-order valence-corrected chi connectivity index (χ4v) is 2.13. The summed E-state index contributed by atoms with van der Waals surface area (Å²) in [7, 11) is 1.64. The fraction of sp³-hybridized carbons (Fsp3) is 0.250. The topological polar surface area (TPSA) is 22.1 Å². The number of thiazole rings is 1. The first kappa shape index (κ1) is 10.2. The van der Waals surface area contributed by atoms with Gasteiger partial charge in [0.25, 0.3) is 0 Å². The van der Waals surface area contributed by atoms with E-state index in [4.69, 9.17) is 4.74 Å². The highest BCUT2D eigenvalue weighted by Gasteiger charge is 2.05. The molecule has 0 aliphatic heterocycles. The molecule has 2 nitrogen and oxygen atoms in total. The van der Waals surface area contributed by atoms with Crippen LogP contribution in [0.15, 0.2) is 23.6 Å². The van der Waals surface area contributed by atoms with Gasteiger partial charge in [-0.05, 0) is 31.0 Å². The fourth-order valence-electron chi connectivity index (χ4n) is 1.36. The van der Waals surface area contributed by atoms with Crippen LogP contribution >= 0.6 is 11.3 Å². The minimum Gasteiger partial charge on any atom is -0.480 e. The molecule has 15 heavy (non-hydrogen) atoms. The first-order valence-corrected chi connectivity index (χ1v) is 5.66. The highest BCUT2D eigenvalue weighted by atomic mass is 32.1. The minimum absolute atomic E-state index is 0.688. The molecular weight excluding hydrogens is 206 g/mol. The monoisotopic (exact) mass is 219 g/mol. The number of nitrogens with zero attached hydrogens (tertiary/aromatic N) is 1. The molecule has 0 saturated heterocycles. The lowest BCUT2D eigenvalue weighted by Crippen LogP contribution is -1.84. The Kier molecular flexibility index (Phi) is 2.73. The lowest BCUT2D eigenvalue weighted by Gasteiger charge is -2.01. The molecular formula is C12H13NOS. The highest BCUT2D eigenvalue weighted by Crippen LogP contribution is 2.28. The number of aromatic nitrogens is 1. The molecule has 0 atom stereocenters. The summed E-state index contributed by atoms with van der Waals surface area (Å²) < 4.78 is 5.07. The summed E-state index contributed by atoms with van der Waals surface area (Å²) in [4.78, 5) is 4.37. The molecule has 1 heterocycles. The molecule has 0 radical (unpaired) electrons. The standard InChI is InChI=1S/C12H13NOS/c1-8-4-5-10(6-9(8)2)12-13-11(14-3)7-15-12/h4-7H,1-3H3. The predicted molar refractivity (Wildman–Crippen MR) is 63.6 cm³/mol. The third-order valence-corrected chi connectivity index (χ3v) is 3.32. The number of rotatable bonds is 2. The third kappa shape index (κ3) is 2.02. The second-order valence-electron chi connectivity index (χ2n) is 3.49. The smallest absolute Gasteiger partial charge is 0.224 e. The molecule has 0 unspecified atom stereocenters. The van der Waals surface area contributed by atoms with Gasteiger partial charge in [-0.2, -0.15) is 0 Å². The van der Waals surface area contributed by atoms with E-state index >= 15 is 0 Å². The second kappa shape index (κ2) is 4.03. The average Bonchev–Trinajstić information content (AvgIpc) is 2.70. The lowest BCUT2D eigenvalue weighted by atomic mass is 10.1. The molecule has 1 aromatic heterocycles. The van der Waals surface area contributed by atoms with Gasteiger partial charge >= 0.3 is 0 Å². The van der Waals surface area contributed by atoms with Crippen molar-refractivity contribution in [2.45, 2.75) is 13.8 Å². The summed E-state index contributed by atoms with van der Waals surface area (Å²) in [5.74, 6) is 0.688. The lowest BCUT2D eigenvalue weighted by molar-refractivity contribution is 0.401. The number of methoxy groups -OCH3 is 1. The van der Waals surface area contributed by atoms with Gasteiger partial charge in [0.1, 0.15) is 5.01 Å². The number of ether oxygens (including phenoxy) is 1. The number of benzene rings is 1. The molecule has 0 bridgehead atoms. The Morgan fingerprint density at radius 2 is 2.00 bits per heavy atom. The van der Waals surface area contributed by atoms with E-state index in [2.05, 4.69) is 37.0 Å². The Morgan fingerprint density at radius 1 is 1.20 bits per heavy atom. The SMILES string of the molecule is COc1csc(-c2ccc(C)c(C)c2)n1. The largest absolute Gasteiger partial charge is 0.480 e. The van der Waals surface area contributed by atoms with Crippen LogP contribution in [0.5, 0.6) is 5.88 Å². The molecule has 1 aromatic carbocycles. The first-order chi connectivity index (χ1) is 7.20. The average molecular weight is 219 g/mol. The van der Waals surface area contributed by atoms with Gasteiger partial charge in [-0.1, -0.05) is 12.1 Å². The molecule has 0 aliphatic rings. The molecule has 0 fully saturated rings. The van der Waals surface area contributed by atoms with E-state index in [1.165, 1.54) is 11.1 Å². The van der Waals surface area contributed by atoms with Gasteiger partial charge in [-0.25, -0.2) is 4.98 Å². The van der Waals surface area contributed by atoms with Gasteiger partial charge in [0.2, 0.25) is 5.88 Å². The van der Waals surface area contributed by atoms with Gasteiger partial charge < -0.3 is 4.74 Å². The van der Waals surface area contributed by atoms with Crippen LogP contribution in [-0.4, -0.2) is 12.1 Å². The van der Waals surface area contributed by atoms with E-state index in [0.717, 1.165) is 10.6 Å². The van der Waals surface area contributed by atoms with Crippen LogP contribution in [0.25, 0.3) is 10.6 Å². The van der Waals surface area contributed by atoms with Crippen LogP contribution < -0.4 is 4.74 Å². The summed E-state index contributed by atoms with van der Waals surface area (Å²) in [6, 6.07) is 6.38. The van der Waals surface area contributed by atoms with Crippen LogP contribution in [-0.2, 0) is 0 Å². The van der Waals surface area contributed by atoms with Gasteiger partial charge in [-0.15, -0.1) is 11.3 Å². The third-order valence-electron chi connectivity index (χ3n) is 2.45. The van der Waals surface area contributed by atoms with E-state index in [-0.39, 0.29) is 0 Å². The van der Waals surface area contributed by atoms with Crippen molar-refractivity contribution in [1.82, 2.24) is 4.98 Å². The van der Waals surface area contributed by atoms with Crippen LogP contribution in [0.3, 0.4) is 0 Å². The highest BCUT2D eigenvalue weighted by molar-refractivity contribution is 7.13. The zero-order valence-electron chi connectivity index (χ0n) is 9.07. The van der Waals surface area contributed by atoms with Gasteiger partial charge in [0, 0.05) is 5.56 Å². The van der Waals surface area contributed by atoms with E-state index in [9.17, 15) is 0 Å². The van der Waals surface area contributed by atoms with Gasteiger partial charge in [0.15, 0.2) is 0 Å². The summed E-state index contributed by atoms with van der Waals surface area (Å²) >= 11 is 1.61. The molecule has 3 heteroatoms. The maximum Gasteiger partial charge on any atom is 0.224 e. The van der Waals surface area contributed by atoms with E-state index in [0.29, 0.717) is 5.88 Å². The Balaban J connectivity index is 2.40. The van der Waals surface area contributed by atoms with Crippen molar-refractivity contribution in [3.63, 3.8) is 0 Å². The minimum atomic E-state index is 0.688. The second-order valence-corrected chi connectivity index (χ2v) is 4.35. The Hall–Kier alpha value is -1.35. The maximum absolute atomic E-state index is 5.07.